The SMILES string of the molecule is CC(C)Cc1ccc(C(=O)CCC(=O)NC2CCC(C(=O)O)CC2)cc1. The third kappa shape index (κ3) is 6.28. The van der Waals surface area contributed by atoms with E-state index >= 15 is 0 Å². The van der Waals surface area contributed by atoms with Crippen LogP contribution in [0.25, 0.3) is 0 Å². The van der Waals surface area contributed by atoms with E-state index in [1.807, 2.05) is 24.3 Å². The third-order valence-electron chi connectivity index (χ3n) is 4.94. The zero-order valence-corrected chi connectivity index (χ0v) is 15.7. The number of amides is 1. The summed E-state index contributed by atoms with van der Waals surface area (Å²) in [5.74, 6) is -0.617. The Morgan fingerprint density at radius 3 is 2.19 bits per heavy atom. The Bertz CT molecular complexity index is 628. The maximum atomic E-state index is 12.2. The molecule has 5 heteroatoms. The highest BCUT2D eigenvalue weighted by Gasteiger charge is 2.26. The average molecular weight is 359 g/mol. The first-order valence-corrected chi connectivity index (χ1v) is 9.49. The summed E-state index contributed by atoms with van der Waals surface area (Å²) < 4.78 is 0. The second-order valence-electron chi connectivity index (χ2n) is 7.67. The molecule has 1 aromatic rings. The van der Waals surface area contributed by atoms with Crippen LogP contribution < -0.4 is 5.32 Å². The van der Waals surface area contributed by atoms with Crippen LogP contribution in [0, 0.1) is 11.8 Å². The number of carbonyl (C=O) groups is 3. The Hall–Kier alpha value is -2.17. The Balaban J connectivity index is 1.73. The molecule has 1 aliphatic rings. The van der Waals surface area contributed by atoms with E-state index in [1.54, 1.807) is 0 Å². The summed E-state index contributed by atoms with van der Waals surface area (Å²) >= 11 is 0. The van der Waals surface area contributed by atoms with Crippen LogP contribution in [0.3, 0.4) is 0 Å². The van der Waals surface area contributed by atoms with Crippen LogP contribution >= 0.6 is 0 Å². The van der Waals surface area contributed by atoms with Crippen molar-refractivity contribution in [3.05, 3.63) is 35.4 Å². The van der Waals surface area contributed by atoms with E-state index < -0.39 is 5.97 Å². The lowest BCUT2D eigenvalue weighted by molar-refractivity contribution is -0.142. The van der Waals surface area contributed by atoms with E-state index in [0.29, 0.717) is 37.2 Å². The monoisotopic (exact) mass is 359 g/mol. The number of carbonyl (C=O) groups excluding carboxylic acids is 2. The summed E-state index contributed by atoms with van der Waals surface area (Å²) in [5.41, 5.74) is 1.86. The summed E-state index contributed by atoms with van der Waals surface area (Å²) in [5, 5.41) is 11.9. The second kappa shape index (κ2) is 9.51. The molecule has 1 aliphatic carbocycles. The topological polar surface area (TPSA) is 83.5 Å². The van der Waals surface area contributed by atoms with Gasteiger partial charge in [-0.05, 0) is 43.6 Å². The van der Waals surface area contributed by atoms with Gasteiger partial charge >= 0.3 is 5.97 Å². The number of Topliss-reactive ketones (excluding diaryl/α,β-unsaturated/α-hetero) is 1. The summed E-state index contributed by atoms with van der Waals surface area (Å²) in [7, 11) is 0. The molecule has 1 aromatic carbocycles. The number of benzene rings is 1. The molecule has 0 saturated heterocycles. The van der Waals surface area contributed by atoms with Gasteiger partial charge in [0.1, 0.15) is 0 Å². The van der Waals surface area contributed by atoms with Crippen molar-refractivity contribution in [2.75, 3.05) is 0 Å². The van der Waals surface area contributed by atoms with E-state index in [4.69, 9.17) is 5.11 Å². The summed E-state index contributed by atoms with van der Waals surface area (Å²) in [6, 6.07) is 7.67. The van der Waals surface area contributed by atoms with Crippen molar-refractivity contribution in [1.82, 2.24) is 5.32 Å². The van der Waals surface area contributed by atoms with E-state index in [-0.39, 0.29) is 36.5 Å². The molecule has 2 N–H and O–H groups in total. The smallest absolute Gasteiger partial charge is 0.306 e. The molecule has 0 atom stereocenters. The molecule has 0 heterocycles. The van der Waals surface area contributed by atoms with Crippen LogP contribution in [0.5, 0.6) is 0 Å². The van der Waals surface area contributed by atoms with Crippen LogP contribution in [-0.2, 0) is 16.0 Å². The van der Waals surface area contributed by atoms with Crippen molar-refractivity contribution >= 4 is 17.7 Å². The minimum absolute atomic E-state index is 0.0224. The van der Waals surface area contributed by atoms with E-state index in [2.05, 4.69) is 19.2 Å². The number of ketones is 1. The highest BCUT2D eigenvalue weighted by molar-refractivity contribution is 5.98. The maximum Gasteiger partial charge on any atom is 0.306 e. The molecule has 0 unspecified atom stereocenters. The van der Waals surface area contributed by atoms with Gasteiger partial charge in [0.2, 0.25) is 5.91 Å². The van der Waals surface area contributed by atoms with Gasteiger partial charge in [0.05, 0.1) is 5.92 Å². The highest BCUT2D eigenvalue weighted by Crippen LogP contribution is 2.24. The number of carboxylic acid groups (broad SMARTS) is 1. The number of hydrogen-bond acceptors (Lipinski definition) is 3. The minimum Gasteiger partial charge on any atom is -0.481 e. The Morgan fingerprint density at radius 2 is 1.65 bits per heavy atom. The van der Waals surface area contributed by atoms with Gasteiger partial charge < -0.3 is 10.4 Å². The molecule has 0 aliphatic heterocycles. The fourth-order valence-electron chi connectivity index (χ4n) is 3.45. The molecule has 2 rings (SSSR count). The van der Waals surface area contributed by atoms with Crippen molar-refractivity contribution in [1.29, 1.82) is 0 Å². The molecule has 5 nitrogen and oxygen atoms in total. The van der Waals surface area contributed by atoms with Crippen LogP contribution in [0.2, 0.25) is 0 Å². The van der Waals surface area contributed by atoms with Gasteiger partial charge in [0.25, 0.3) is 0 Å². The fourth-order valence-corrected chi connectivity index (χ4v) is 3.45. The zero-order chi connectivity index (χ0) is 19.1. The van der Waals surface area contributed by atoms with Crippen LogP contribution in [0.15, 0.2) is 24.3 Å². The average Bonchev–Trinajstić information content (AvgIpc) is 2.60. The van der Waals surface area contributed by atoms with Crippen LogP contribution in [-0.4, -0.2) is 28.8 Å². The van der Waals surface area contributed by atoms with Crippen molar-refractivity contribution in [3.8, 4) is 0 Å². The predicted octanol–water partition coefficient (Wildman–Crippen LogP) is 3.61. The number of nitrogens with one attached hydrogen (secondary N) is 1. The van der Waals surface area contributed by atoms with Crippen molar-refractivity contribution in [2.45, 2.75) is 64.8 Å². The number of hydrogen-bond donors (Lipinski definition) is 2. The molecule has 0 spiro atoms. The van der Waals surface area contributed by atoms with E-state index in [1.165, 1.54) is 5.56 Å². The Morgan fingerprint density at radius 1 is 1.04 bits per heavy atom. The van der Waals surface area contributed by atoms with Gasteiger partial charge in [-0.1, -0.05) is 38.1 Å². The molecule has 26 heavy (non-hydrogen) atoms. The fraction of sp³-hybridized carbons (Fsp3) is 0.571. The standard InChI is InChI=1S/C21H29NO4/c1-14(2)13-15-3-5-16(6-4-15)19(23)11-12-20(24)22-18-9-7-17(8-10-18)21(25)26/h3-6,14,17-18H,7-13H2,1-2H3,(H,22,24)(H,25,26). The largest absolute Gasteiger partial charge is 0.481 e. The highest BCUT2D eigenvalue weighted by atomic mass is 16.4. The molecule has 0 radical (unpaired) electrons. The van der Waals surface area contributed by atoms with Crippen molar-refractivity contribution < 1.29 is 19.5 Å². The van der Waals surface area contributed by atoms with Gasteiger partial charge in [-0.3, -0.25) is 14.4 Å². The molecular formula is C21H29NO4. The summed E-state index contributed by atoms with van der Waals surface area (Å²) in [6.45, 7) is 4.32. The van der Waals surface area contributed by atoms with Gasteiger partial charge in [-0.2, -0.15) is 0 Å². The van der Waals surface area contributed by atoms with Crippen LogP contribution in [0.4, 0.5) is 0 Å². The Kier molecular flexibility index (Phi) is 7.37. The minimum atomic E-state index is -0.750. The summed E-state index contributed by atoms with van der Waals surface area (Å²) in [6.07, 6.45) is 3.93. The Labute approximate surface area is 155 Å². The van der Waals surface area contributed by atoms with Crippen molar-refractivity contribution in [3.63, 3.8) is 0 Å². The van der Waals surface area contributed by atoms with Gasteiger partial charge in [0.15, 0.2) is 5.78 Å². The lowest BCUT2D eigenvalue weighted by Gasteiger charge is -2.26. The lowest BCUT2D eigenvalue weighted by Crippen LogP contribution is -2.38. The predicted molar refractivity (Wildman–Crippen MR) is 100 cm³/mol. The molecule has 1 fully saturated rings. The lowest BCUT2D eigenvalue weighted by atomic mass is 9.86. The molecule has 1 amide bonds. The molecule has 142 valence electrons. The van der Waals surface area contributed by atoms with E-state index in [0.717, 1.165) is 6.42 Å². The molecule has 0 aromatic heterocycles. The third-order valence-corrected chi connectivity index (χ3v) is 4.94. The molecular weight excluding hydrogens is 330 g/mol. The normalized spacial score (nSPS) is 20.0. The first kappa shape index (κ1) is 20.1. The zero-order valence-electron chi connectivity index (χ0n) is 15.7. The van der Waals surface area contributed by atoms with Gasteiger partial charge in [-0.15, -0.1) is 0 Å². The maximum absolute atomic E-state index is 12.2. The van der Waals surface area contributed by atoms with Crippen LogP contribution in [0.1, 0.15) is 68.3 Å². The first-order valence-electron chi connectivity index (χ1n) is 9.49. The van der Waals surface area contributed by atoms with Gasteiger partial charge in [0, 0.05) is 24.4 Å². The number of rotatable bonds is 8. The first-order chi connectivity index (χ1) is 12.3. The number of aliphatic carboxylic acids is 1. The van der Waals surface area contributed by atoms with E-state index in [9.17, 15) is 14.4 Å². The van der Waals surface area contributed by atoms with Crippen molar-refractivity contribution in [2.24, 2.45) is 11.8 Å². The quantitative estimate of drug-likeness (QED) is 0.695. The molecule has 1 saturated carbocycles. The number of carboxylic acids is 1. The second-order valence-corrected chi connectivity index (χ2v) is 7.67. The molecule has 0 bridgehead atoms. The van der Waals surface area contributed by atoms with Gasteiger partial charge in [-0.25, -0.2) is 0 Å². The summed E-state index contributed by atoms with van der Waals surface area (Å²) in [4.78, 5) is 35.2.